The van der Waals surface area contributed by atoms with Crippen LogP contribution in [0.3, 0.4) is 0 Å². The molecule has 2 N–H and O–H groups in total. The molecule has 0 radical (unpaired) electrons. The van der Waals surface area contributed by atoms with E-state index in [1.807, 2.05) is 0 Å². The van der Waals surface area contributed by atoms with E-state index in [2.05, 4.69) is 0 Å². The second kappa shape index (κ2) is 5.68. The quantitative estimate of drug-likeness (QED) is 0.852. The molecule has 0 unspecified atom stereocenters. The molecule has 102 valence electrons. The molecule has 0 aliphatic carbocycles. The molecule has 1 rings (SSSR count). The number of nitrogens with one attached hydrogen (secondary N) is 1. The molecule has 0 saturated carbocycles. The Labute approximate surface area is 102 Å². The molecule has 8 heteroatoms. The summed E-state index contributed by atoms with van der Waals surface area (Å²) in [4.78, 5) is -0.355. The molecule has 0 saturated heterocycles. The summed E-state index contributed by atoms with van der Waals surface area (Å²) in [5.74, 6) is -0.717. The van der Waals surface area contributed by atoms with E-state index in [-0.39, 0.29) is 16.0 Å². The number of hydrogen-bond donors (Lipinski definition) is 2. The van der Waals surface area contributed by atoms with E-state index < -0.39 is 35.4 Å². The van der Waals surface area contributed by atoms with Gasteiger partial charge in [0.25, 0.3) is 6.43 Å². The highest BCUT2D eigenvalue weighted by molar-refractivity contribution is 7.89. The summed E-state index contributed by atoms with van der Waals surface area (Å²) in [7, 11) is -4.13. The lowest BCUT2D eigenvalue weighted by atomic mass is 10.1. The van der Waals surface area contributed by atoms with Gasteiger partial charge in [-0.15, -0.1) is 0 Å². The number of benzene rings is 1. The highest BCUT2D eigenvalue weighted by Gasteiger charge is 2.19. The van der Waals surface area contributed by atoms with Crippen molar-refractivity contribution in [1.29, 1.82) is 0 Å². The van der Waals surface area contributed by atoms with Crippen molar-refractivity contribution < 1.29 is 26.7 Å². The van der Waals surface area contributed by atoms with Gasteiger partial charge in [0, 0.05) is 5.56 Å². The van der Waals surface area contributed by atoms with Crippen molar-refractivity contribution in [1.82, 2.24) is 4.72 Å². The van der Waals surface area contributed by atoms with Gasteiger partial charge in [-0.25, -0.2) is 26.3 Å². The van der Waals surface area contributed by atoms with Gasteiger partial charge >= 0.3 is 0 Å². The van der Waals surface area contributed by atoms with E-state index in [0.717, 1.165) is 12.1 Å². The van der Waals surface area contributed by atoms with Crippen LogP contribution in [-0.4, -0.2) is 26.5 Å². The number of alkyl halides is 2. The minimum absolute atomic E-state index is 0.0129. The van der Waals surface area contributed by atoms with Crippen molar-refractivity contribution >= 4 is 10.0 Å². The molecule has 0 amide bonds. The molecular weight excluding hydrogens is 271 g/mol. The first-order valence-electron chi connectivity index (χ1n) is 4.95. The van der Waals surface area contributed by atoms with Crippen LogP contribution in [0.2, 0.25) is 0 Å². The SMILES string of the molecule is Cc1cc(S(=O)(=O)NCC(F)F)cc(CO)c1F. The van der Waals surface area contributed by atoms with Gasteiger partial charge in [-0.05, 0) is 24.6 Å². The second-order valence-corrected chi connectivity index (χ2v) is 5.38. The highest BCUT2D eigenvalue weighted by atomic mass is 32.2. The summed E-state index contributed by atoms with van der Waals surface area (Å²) in [5, 5.41) is 8.88. The third-order valence-corrected chi connectivity index (χ3v) is 3.61. The number of halogens is 3. The normalized spacial score (nSPS) is 12.1. The fourth-order valence-corrected chi connectivity index (χ4v) is 2.47. The third kappa shape index (κ3) is 3.44. The van der Waals surface area contributed by atoms with Crippen LogP contribution in [0.4, 0.5) is 13.2 Å². The van der Waals surface area contributed by atoms with Crippen molar-refractivity contribution in [2.75, 3.05) is 6.54 Å². The highest BCUT2D eigenvalue weighted by Crippen LogP contribution is 2.19. The minimum Gasteiger partial charge on any atom is -0.392 e. The van der Waals surface area contributed by atoms with Crippen molar-refractivity contribution in [3.8, 4) is 0 Å². The molecule has 0 spiro atoms. The topological polar surface area (TPSA) is 66.4 Å². The van der Waals surface area contributed by atoms with Gasteiger partial charge in [0.2, 0.25) is 10.0 Å². The van der Waals surface area contributed by atoms with Crippen molar-refractivity contribution in [2.24, 2.45) is 0 Å². The average Bonchev–Trinajstić information content (AvgIpc) is 2.30. The Balaban J connectivity index is 3.13. The molecule has 1 aromatic carbocycles. The number of rotatable bonds is 5. The molecule has 0 bridgehead atoms. The predicted molar refractivity (Wildman–Crippen MR) is 58.3 cm³/mol. The smallest absolute Gasteiger partial charge is 0.251 e. The molecule has 0 aliphatic rings. The Morgan fingerprint density at radius 2 is 2.00 bits per heavy atom. The standard InChI is InChI=1S/C10H12F3NO3S/c1-6-2-8(3-7(5-15)10(6)13)18(16,17)14-4-9(11)12/h2-3,9,14-15H,4-5H2,1H3. The van der Waals surface area contributed by atoms with Gasteiger partial charge in [-0.1, -0.05) is 0 Å². The lowest BCUT2D eigenvalue weighted by Gasteiger charge is -2.10. The summed E-state index contributed by atoms with van der Waals surface area (Å²) in [5.41, 5.74) is -0.189. The molecule has 0 atom stereocenters. The van der Waals surface area contributed by atoms with Crippen LogP contribution in [0.5, 0.6) is 0 Å². The molecular formula is C10H12F3NO3S. The van der Waals surface area contributed by atoms with Crippen molar-refractivity contribution in [3.05, 3.63) is 29.1 Å². The van der Waals surface area contributed by atoms with E-state index in [1.165, 1.54) is 6.92 Å². The number of aliphatic hydroxyl groups excluding tert-OH is 1. The van der Waals surface area contributed by atoms with Gasteiger partial charge in [0.15, 0.2) is 0 Å². The summed E-state index contributed by atoms with van der Waals surface area (Å²) in [6, 6.07) is 1.93. The Bertz CT molecular complexity index is 531. The lowest BCUT2D eigenvalue weighted by Crippen LogP contribution is -2.28. The summed E-state index contributed by atoms with van der Waals surface area (Å²) in [6.45, 7) is -0.376. The lowest BCUT2D eigenvalue weighted by molar-refractivity contribution is 0.153. The van der Waals surface area contributed by atoms with E-state index in [1.54, 1.807) is 4.72 Å². The largest absolute Gasteiger partial charge is 0.392 e. The van der Waals surface area contributed by atoms with Crippen molar-refractivity contribution in [3.63, 3.8) is 0 Å². The second-order valence-electron chi connectivity index (χ2n) is 3.61. The Morgan fingerprint density at radius 1 is 1.39 bits per heavy atom. The summed E-state index contributed by atoms with van der Waals surface area (Å²) in [6.07, 6.45) is -2.82. The monoisotopic (exact) mass is 283 g/mol. The Kier molecular flexibility index (Phi) is 4.71. The third-order valence-electron chi connectivity index (χ3n) is 2.21. The minimum atomic E-state index is -4.13. The van der Waals surface area contributed by atoms with Crippen LogP contribution in [0.1, 0.15) is 11.1 Å². The van der Waals surface area contributed by atoms with E-state index in [0.29, 0.717) is 0 Å². The van der Waals surface area contributed by atoms with Crippen LogP contribution in [0.25, 0.3) is 0 Å². The first-order valence-corrected chi connectivity index (χ1v) is 6.44. The summed E-state index contributed by atoms with van der Waals surface area (Å²) < 4.78 is 62.2. The van der Waals surface area contributed by atoms with Gasteiger partial charge < -0.3 is 5.11 Å². The van der Waals surface area contributed by atoms with Crippen LogP contribution in [0.15, 0.2) is 17.0 Å². The van der Waals surface area contributed by atoms with Gasteiger partial charge in [-0.3, -0.25) is 0 Å². The predicted octanol–water partition coefficient (Wildman–Crippen LogP) is 1.17. The number of aliphatic hydroxyl groups is 1. The molecule has 0 aliphatic heterocycles. The number of hydrogen-bond acceptors (Lipinski definition) is 3. The van der Waals surface area contributed by atoms with E-state index >= 15 is 0 Å². The fraction of sp³-hybridized carbons (Fsp3) is 0.400. The summed E-state index contributed by atoms with van der Waals surface area (Å²) >= 11 is 0. The number of aryl methyl sites for hydroxylation is 1. The molecule has 1 aromatic rings. The molecule has 0 heterocycles. The first kappa shape index (κ1) is 14.9. The number of sulfonamides is 1. The maximum Gasteiger partial charge on any atom is 0.251 e. The molecule has 0 aromatic heterocycles. The van der Waals surface area contributed by atoms with Gasteiger partial charge in [0.1, 0.15) is 5.82 Å². The molecule has 4 nitrogen and oxygen atoms in total. The van der Waals surface area contributed by atoms with E-state index in [4.69, 9.17) is 5.11 Å². The van der Waals surface area contributed by atoms with Gasteiger partial charge in [-0.2, -0.15) is 0 Å². The van der Waals surface area contributed by atoms with Crippen LogP contribution in [-0.2, 0) is 16.6 Å². The Morgan fingerprint density at radius 3 is 2.50 bits per heavy atom. The zero-order chi connectivity index (χ0) is 13.9. The van der Waals surface area contributed by atoms with E-state index in [9.17, 15) is 21.6 Å². The van der Waals surface area contributed by atoms with Crippen LogP contribution in [0, 0.1) is 12.7 Å². The van der Waals surface area contributed by atoms with Crippen LogP contribution < -0.4 is 4.72 Å². The maximum absolute atomic E-state index is 13.4. The Hall–Kier alpha value is -1.12. The zero-order valence-corrected chi connectivity index (χ0v) is 10.3. The maximum atomic E-state index is 13.4. The first-order chi connectivity index (χ1) is 8.27. The molecule has 18 heavy (non-hydrogen) atoms. The average molecular weight is 283 g/mol. The zero-order valence-electron chi connectivity index (χ0n) is 9.45. The van der Waals surface area contributed by atoms with Gasteiger partial charge in [0.05, 0.1) is 18.0 Å². The van der Waals surface area contributed by atoms with Crippen molar-refractivity contribution in [2.45, 2.75) is 24.9 Å². The van der Waals surface area contributed by atoms with Crippen LogP contribution >= 0.6 is 0 Å². The molecule has 0 fully saturated rings. The fourth-order valence-electron chi connectivity index (χ4n) is 1.33.